The van der Waals surface area contributed by atoms with Gasteiger partial charge in [-0.05, 0) is 45.7 Å². The SMILES string of the molecule is CCN(c1c(C)cc(C)cc1C)C(C)CN. The van der Waals surface area contributed by atoms with Crippen LogP contribution in [0.5, 0.6) is 0 Å². The normalized spacial score (nSPS) is 12.6. The van der Waals surface area contributed by atoms with E-state index in [2.05, 4.69) is 51.7 Å². The molecule has 1 aromatic rings. The Bertz CT molecular complexity index is 335. The predicted octanol–water partition coefficient (Wildman–Crippen LogP) is 2.79. The molecule has 1 aromatic carbocycles. The molecule has 1 atom stereocenters. The Balaban J connectivity index is 3.19. The summed E-state index contributed by atoms with van der Waals surface area (Å²) in [5, 5.41) is 0. The second-order valence-electron chi connectivity index (χ2n) is 4.62. The van der Waals surface area contributed by atoms with Gasteiger partial charge in [-0.2, -0.15) is 0 Å². The first-order valence-corrected chi connectivity index (χ1v) is 6.05. The third-order valence-corrected chi connectivity index (χ3v) is 3.14. The zero-order valence-corrected chi connectivity index (χ0v) is 11.2. The first-order chi connectivity index (χ1) is 7.51. The van der Waals surface area contributed by atoms with Crippen LogP contribution in [-0.2, 0) is 0 Å². The molecule has 1 rings (SSSR count). The molecule has 0 saturated heterocycles. The summed E-state index contributed by atoms with van der Waals surface area (Å²) in [4.78, 5) is 2.39. The minimum absolute atomic E-state index is 0.394. The summed E-state index contributed by atoms with van der Waals surface area (Å²) in [6, 6.07) is 4.88. The van der Waals surface area contributed by atoms with Gasteiger partial charge in [-0.1, -0.05) is 17.7 Å². The van der Waals surface area contributed by atoms with Crippen molar-refractivity contribution in [2.24, 2.45) is 5.73 Å². The Kier molecular flexibility index (Phi) is 4.36. The maximum absolute atomic E-state index is 5.77. The highest BCUT2D eigenvalue weighted by molar-refractivity contribution is 5.60. The van der Waals surface area contributed by atoms with Gasteiger partial charge in [0.2, 0.25) is 0 Å². The highest BCUT2D eigenvalue weighted by Crippen LogP contribution is 2.27. The number of rotatable bonds is 4. The van der Waals surface area contributed by atoms with Crippen molar-refractivity contribution in [3.8, 4) is 0 Å². The monoisotopic (exact) mass is 220 g/mol. The van der Waals surface area contributed by atoms with Crippen molar-refractivity contribution < 1.29 is 0 Å². The topological polar surface area (TPSA) is 29.3 Å². The second-order valence-corrected chi connectivity index (χ2v) is 4.62. The van der Waals surface area contributed by atoms with Crippen LogP contribution in [0.2, 0.25) is 0 Å². The number of nitrogens with zero attached hydrogens (tertiary/aromatic N) is 1. The highest BCUT2D eigenvalue weighted by atomic mass is 15.2. The van der Waals surface area contributed by atoms with E-state index in [1.807, 2.05) is 0 Å². The summed E-state index contributed by atoms with van der Waals surface area (Å²) in [5.74, 6) is 0. The van der Waals surface area contributed by atoms with Crippen molar-refractivity contribution >= 4 is 5.69 Å². The van der Waals surface area contributed by atoms with Gasteiger partial charge in [-0.15, -0.1) is 0 Å². The van der Waals surface area contributed by atoms with Crippen molar-refractivity contribution in [3.05, 3.63) is 28.8 Å². The van der Waals surface area contributed by atoms with Gasteiger partial charge in [0.25, 0.3) is 0 Å². The fraction of sp³-hybridized carbons (Fsp3) is 0.571. The molecule has 0 fully saturated rings. The van der Waals surface area contributed by atoms with Crippen LogP contribution in [-0.4, -0.2) is 19.1 Å². The van der Waals surface area contributed by atoms with E-state index in [1.165, 1.54) is 22.4 Å². The second kappa shape index (κ2) is 5.35. The lowest BCUT2D eigenvalue weighted by Gasteiger charge is -2.32. The molecule has 16 heavy (non-hydrogen) atoms. The van der Waals surface area contributed by atoms with E-state index in [-0.39, 0.29) is 0 Å². The molecule has 0 aliphatic heterocycles. The first-order valence-electron chi connectivity index (χ1n) is 6.05. The molecule has 2 nitrogen and oxygen atoms in total. The number of aryl methyl sites for hydroxylation is 3. The fourth-order valence-corrected chi connectivity index (χ4v) is 2.44. The Morgan fingerprint density at radius 2 is 1.69 bits per heavy atom. The third kappa shape index (κ3) is 2.56. The van der Waals surface area contributed by atoms with Crippen molar-refractivity contribution in [1.29, 1.82) is 0 Å². The van der Waals surface area contributed by atoms with E-state index in [9.17, 15) is 0 Å². The van der Waals surface area contributed by atoms with Crippen LogP contribution in [0.3, 0.4) is 0 Å². The standard InChI is InChI=1S/C14H24N2/c1-6-16(13(5)9-15)14-11(3)7-10(2)8-12(14)4/h7-8,13H,6,9,15H2,1-5H3. The quantitative estimate of drug-likeness (QED) is 0.845. The van der Waals surface area contributed by atoms with Gasteiger partial charge in [-0.25, -0.2) is 0 Å². The van der Waals surface area contributed by atoms with Crippen molar-refractivity contribution in [3.63, 3.8) is 0 Å². The van der Waals surface area contributed by atoms with Crippen LogP contribution in [0, 0.1) is 20.8 Å². The summed E-state index contributed by atoms with van der Waals surface area (Å²) in [6.45, 7) is 12.6. The van der Waals surface area contributed by atoms with Gasteiger partial charge < -0.3 is 10.6 Å². The number of anilines is 1. The molecule has 2 N–H and O–H groups in total. The molecule has 90 valence electrons. The lowest BCUT2D eigenvalue weighted by molar-refractivity contribution is 0.654. The van der Waals surface area contributed by atoms with Gasteiger partial charge in [0, 0.05) is 24.8 Å². The van der Waals surface area contributed by atoms with Crippen LogP contribution in [0.1, 0.15) is 30.5 Å². The lowest BCUT2D eigenvalue weighted by Crippen LogP contribution is -2.39. The zero-order chi connectivity index (χ0) is 12.3. The maximum atomic E-state index is 5.77. The summed E-state index contributed by atoms with van der Waals surface area (Å²) >= 11 is 0. The van der Waals surface area contributed by atoms with Crippen LogP contribution in [0.15, 0.2) is 12.1 Å². The Morgan fingerprint density at radius 3 is 2.06 bits per heavy atom. The van der Waals surface area contributed by atoms with Crippen LogP contribution < -0.4 is 10.6 Å². The van der Waals surface area contributed by atoms with Gasteiger partial charge in [0.15, 0.2) is 0 Å². The zero-order valence-electron chi connectivity index (χ0n) is 11.2. The third-order valence-electron chi connectivity index (χ3n) is 3.14. The average molecular weight is 220 g/mol. The van der Waals surface area contributed by atoms with E-state index >= 15 is 0 Å². The molecule has 0 amide bonds. The average Bonchev–Trinajstić information content (AvgIpc) is 2.22. The Morgan fingerprint density at radius 1 is 1.19 bits per heavy atom. The molecule has 0 radical (unpaired) electrons. The van der Waals surface area contributed by atoms with E-state index in [1.54, 1.807) is 0 Å². The summed E-state index contributed by atoms with van der Waals surface area (Å²) < 4.78 is 0. The van der Waals surface area contributed by atoms with E-state index in [0.717, 1.165) is 6.54 Å². The molecule has 0 aliphatic carbocycles. The molecule has 0 bridgehead atoms. The van der Waals surface area contributed by atoms with Gasteiger partial charge in [0.05, 0.1) is 0 Å². The predicted molar refractivity (Wildman–Crippen MR) is 72.2 cm³/mol. The molecule has 0 aromatic heterocycles. The van der Waals surface area contributed by atoms with Crippen molar-refractivity contribution in [2.45, 2.75) is 40.7 Å². The Hall–Kier alpha value is -1.02. The van der Waals surface area contributed by atoms with Crippen molar-refractivity contribution in [2.75, 3.05) is 18.0 Å². The summed E-state index contributed by atoms with van der Waals surface area (Å²) in [5.41, 5.74) is 11.1. The molecule has 2 heteroatoms. The largest absolute Gasteiger partial charge is 0.367 e. The van der Waals surface area contributed by atoms with Gasteiger partial charge in [0.1, 0.15) is 0 Å². The fourth-order valence-electron chi connectivity index (χ4n) is 2.44. The molecular weight excluding hydrogens is 196 g/mol. The molecular formula is C14H24N2. The number of hydrogen-bond donors (Lipinski definition) is 1. The van der Waals surface area contributed by atoms with E-state index in [0.29, 0.717) is 12.6 Å². The van der Waals surface area contributed by atoms with Gasteiger partial charge >= 0.3 is 0 Å². The van der Waals surface area contributed by atoms with Crippen LogP contribution in [0.4, 0.5) is 5.69 Å². The van der Waals surface area contributed by atoms with E-state index in [4.69, 9.17) is 5.73 Å². The van der Waals surface area contributed by atoms with Crippen LogP contribution in [0.25, 0.3) is 0 Å². The number of likely N-dealkylation sites (N-methyl/N-ethyl adjacent to an activating group) is 1. The maximum Gasteiger partial charge on any atom is 0.0428 e. The first kappa shape index (κ1) is 13.0. The van der Waals surface area contributed by atoms with Crippen molar-refractivity contribution in [1.82, 2.24) is 0 Å². The van der Waals surface area contributed by atoms with Gasteiger partial charge in [-0.3, -0.25) is 0 Å². The molecule has 1 unspecified atom stereocenters. The number of hydrogen-bond acceptors (Lipinski definition) is 2. The highest BCUT2D eigenvalue weighted by Gasteiger charge is 2.15. The Labute approximate surface area is 99.5 Å². The molecule has 0 saturated carbocycles. The molecule has 0 heterocycles. The minimum Gasteiger partial charge on any atom is -0.367 e. The summed E-state index contributed by atoms with van der Waals surface area (Å²) in [6.07, 6.45) is 0. The number of benzene rings is 1. The minimum atomic E-state index is 0.394. The lowest BCUT2D eigenvalue weighted by atomic mass is 10.0. The smallest absolute Gasteiger partial charge is 0.0428 e. The summed E-state index contributed by atoms with van der Waals surface area (Å²) in [7, 11) is 0. The molecule has 0 spiro atoms. The number of nitrogens with two attached hydrogens (primary N) is 1. The van der Waals surface area contributed by atoms with E-state index < -0.39 is 0 Å². The van der Waals surface area contributed by atoms with Crippen LogP contribution >= 0.6 is 0 Å². The molecule has 0 aliphatic rings.